The van der Waals surface area contributed by atoms with E-state index < -0.39 is 9.84 Å². The van der Waals surface area contributed by atoms with Crippen molar-refractivity contribution >= 4 is 9.84 Å². The predicted octanol–water partition coefficient (Wildman–Crippen LogP) is 0.857. The number of aromatic nitrogens is 2. The van der Waals surface area contributed by atoms with Gasteiger partial charge in [-0.1, -0.05) is 0 Å². The van der Waals surface area contributed by atoms with Crippen molar-refractivity contribution in [3.63, 3.8) is 0 Å². The first kappa shape index (κ1) is 14.2. The van der Waals surface area contributed by atoms with Gasteiger partial charge in [-0.05, 0) is 32.9 Å². The van der Waals surface area contributed by atoms with Crippen molar-refractivity contribution in [3.05, 3.63) is 18.5 Å². The summed E-state index contributed by atoms with van der Waals surface area (Å²) in [6, 6.07) is 2.41. The second-order valence-electron chi connectivity index (χ2n) is 4.45. The van der Waals surface area contributed by atoms with Gasteiger partial charge in [-0.25, -0.2) is 8.42 Å². The number of hydrogen-bond donors (Lipinski definition) is 1. The molecular weight excluding hydrogens is 238 g/mol. The molecule has 0 amide bonds. The summed E-state index contributed by atoms with van der Waals surface area (Å²) in [6.07, 6.45) is 5.60. The number of hydrogen-bond acceptors (Lipinski definition) is 4. The molecule has 1 heterocycles. The van der Waals surface area contributed by atoms with Crippen LogP contribution in [0.3, 0.4) is 0 Å². The maximum atomic E-state index is 11.0. The van der Waals surface area contributed by atoms with Crippen molar-refractivity contribution in [2.75, 3.05) is 18.6 Å². The molecule has 1 rings (SSSR count). The maximum Gasteiger partial charge on any atom is 0.147 e. The third-order valence-corrected chi connectivity index (χ3v) is 3.85. The molecule has 0 bridgehead atoms. The normalized spacial score (nSPS) is 15.7. The Labute approximate surface area is 103 Å². The van der Waals surface area contributed by atoms with Crippen molar-refractivity contribution in [1.82, 2.24) is 15.1 Å². The van der Waals surface area contributed by atoms with E-state index >= 15 is 0 Å². The van der Waals surface area contributed by atoms with E-state index in [0.29, 0.717) is 13.0 Å². The summed E-state index contributed by atoms with van der Waals surface area (Å²) in [4.78, 5) is 0. The molecule has 0 fully saturated rings. The Morgan fingerprint density at radius 2 is 2.12 bits per heavy atom. The fourth-order valence-corrected chi connectivity index (χ4v) is 2.25. The Hall–Kier alpha value is -0.880. The first-order valence-electron chi connectivity index (χ1n) is 5.80. The summed E-state index contributed by atoms with van der Waals surface area (Å²) < 4.78 is 23.8. The van der Waals surface area contributed by atoms with Gasteiger partial charge in [0, 0.05) is 24.7 Å². The predicted molar refractivity (Wildman–Crippen MR) is 68.7 cm³/mol. The average Bonchev–Trinajstić information content (AvgIpc) is 2.74. The molecular formula is C11H21N3O2S. The third-order valence-electron chi connectivity index (χ3n) is 2.82. The summed E-state index contributed by atoms with van der Waals surface area (Å²) in [7, 11) is -2.84. The highest BCUT2D eigenvalue weighted by atomic mass is 32.2. The van der Waals surface area contributed by atoms with Crippen LogP contribution in [-0.2, 0) is 9.84 Å². The van der Waals surface area contributed by atoms with Crippen LogP contribution in [-0.4, -0.2) is 42.8 Å². The van der Waals surface area contributed by atoms with Crippen molar-refractivity contribution in [1.29, 1.82) is 0 Å². The molecule has 2 atom stereocenters. The molecule has 1 aromatic rings. The van der Waals surface area contributed by atoms with Crippen LogP contribution in [0.4, 0.5) is 0 Å². The Morgan fingerprint density at radius 3 is 2.65 bits per heavy atom. The molecule has 0 spiro atoms. The zero-order valence-electron chi connectivity index (χ0n) is 10.6. The van der Waals surface area contributed by atoms with E-state index in [9.17, 15) is 8.42 Å². The lowest BCUT2D eigenvalue weighted by molar-refractivity contribution is 0.367. The molecule has 0 aliphatic carbocycles. The minimum absolute atomic E-state index is 0.239. The quantitative estimate of drug-likeness (QED) is 0.738. The summed E-state index contributed by atoms with van der Waals surface area (Å²) in [5, 5.41) is 7.50. The molecule has 0 radical (unpaired) electrons. The molecule has 0 unspecified atom stereocenters. The van der Waals surface area contributed by atoms with Crippen molar-refractivity contribution in [3.8, 4) is 0 Å². The minimum Gasteiger partial charge on any atom is -0.312 e. The lowest BCUT2D eigenvalue weighted by atomic mass is 10.2. The van der Waals surface area contributed by atoms with Crippen LogP contribution in [0.25, 0.3) is 0 Å². The highest BCUT2D eigenvalue weighted by Crippen LogP contribution is 2.08. The number of sulfone groups is 1. The van der Waals surface area contributed by atoms with E-state index in [1.165, 1.54) is 6.26 Å². The summed E-state index contributed by atoms with van der Waals surface area (Å²) in [5.41, 5.74) is 0. The monoisotopic (exact) mass is 259 g/mol. The van der Waals surface area contributed by atoms with Gasteiger partial charge >= 0.3 is 0 Å². The number of nitrogens with one attached hydrogen (secondary N) is 1. The molecule has 0 saturated heterocycles. The average molecular weight is 259 g/mol. The third kappa shape index (κ3) is 5.32. The standard InChI is InChI=1S/C11H21N3O2S/c1-10(11(2)14-8-4-7-13-14)12-6-5-9-17(3,15)16/h4,7-8,10-12H,5-6,9H2,1-3H3/t10-,11+/m0/s1. The fourth-order valence-electron chi connectivity index (χ4n) is 1.59. The van der Waals surface area contributed by atoms with Crippen LogP contribution in [0.1, 0.15) is 26.3 Å². The van der Waals surface area contributed by atoms with Gasteiger partial charge in [-0.2, -0.15) is 5.10 Å². The molecule has 0 saturated carbocycles. The van der Waals surface area contributed by atoms with Crippen molar-refractivity contribution in [2.45, 2.75) is 32.4 Å². The highest BCUT2D eigenvalue weighted by Gasteiger charge is 2.13. The first-order chi connectivity index (χ1) is 7.90. The Kier molecular flexibility index (Phi) is 5.14. The van der Waals surface area contributed by atoms with Crippen LogP contribution >= 0.6 is 0 Å². The number of rotatable bonds is 7. The summed E-state index contributed by atoms with van der Waals surface area (Å²) in [5.74, 6) is 0.239. The van der Waals surface area contributed by atoms with E-state index in [0.717, 1.165) is 0 Å². The fraction of sp³-hybridized carbons (Fsp3) is 0.727. The van der Waals surface area contributed by atoms with Gasteiger partial charge in [0.2, 0.25) is 0 Å². The molecule has 17 heavy (non-hydrogen) atoms. The van der Waals surface area contributed by atoms with E-state index in [1.54, 1.807) is 6.20 Å². The van der Waals surface area contributed by atoms with Gasteiger partial charge in [0.05, 0.1) is 11.8 Å². The van der Waals surface area contributed by atoms with Gasteiger partial charge in [0.1, 0.15) is 9.84 Å². The second kappa shape index (κ2) is 6.16. The van der Waals surface area contributed by atoms with E-state index in [-0.39, 0.29) is 17.8 Å². The van der Waals surface area contributed by atoms with Gasteiger partial charge in [0.15, 0.2) is 0 Å². The van der Waals surface area contributed by atoms with Gasteiger partial charge < -0.3 is 5.32 Å². The van der Waals surface area contributed by atoms with Crippen LogP contribution < -0.4 is 5.32 Å². The molecule has 0 aromatic carbocycles. The molecule has 1 aromatic heterocycles. The molecule has 98 valence electrons. The van der Waals surface area contributed by atoms with Gasteiger partial charge in [-0.15, -0.1) is 0 Å². The topological polar surface area (TPSA) is 64.0 Å². The Balaban J connectivity index is 2.28. The first-order valence-corrected chi connectivity index (χ1v) is 7.86. The Morgan fingerprint density at radius 1 is 1.41 bits per heavy atom. The van der Waals surface area contributed by atoms with Gasteiger partial charge in [-0.3, -0.25) is 4.68 Å². The van der Waals surface area contributed by atoms with E-state index in [1.807, 2.05) is 16.9 Å². The van der Waals surface area contributed by atoms with Crippen molar-refractivity contribution in [2.24, 2.45) is 0 Å². The van der Waals surface area contributed by atoms with Gasteiger partial charge in [0.25, 0.3) is 0 Å². The van der Waals surface area contributed by atoms with Crippen LogP contribution in [0.15, 0.2) is 18.5 Å². The lowest BCUT2D eigenvalue weighted by Gasteiger charge is -2.21. The zero-order chi connectivity index (χ0) is 12.9. The maximum absolute atomic E-state index is 11.0. The molecule has 6 heteroatoms. The van der Waals surface area contributed by atoms with E-state index in [4.69, 9.17) is 0 Å². The van der Waals surface area contributed by atoms with E-state index in [2.05, 4.69) is 24.3 Å². The SMILES string of the molecule is C[C@H](NCCCS(C)(=O)=O)[C@@H](C)n1cccn1. The zero-order valence-corrected chi connectivity index (χ0v) is 11.4. The highest BCUT2D eigenvalue weighted by molar-refractivity contribution is 7.90. The second-order valence-corrected chi connectivity index (χ2v) is 6.71. The molecule has 1 N–H and O–H groups in total. The number of nitrogens with zero attached hydrogens (tertiary/aromatic N) is 2. The largest absolute Gasteiger partial charge is 0.312 e. The van der Waals surface area contributed by atoms with Crippen LogP contribution in [0.2, 0.25) is 0 Å². The lowest BCUT2D eigenvalue weighted by Crippen LogP contribution is -2.35. The van der Waals surface area contributed by atoms with Crippen LogP contribution in [0.5, 0.6) is 0 Å². The molecule has 0 aliphatic rings. The Bertz CT molecular complexity index is 414. The smallest absolute Gasteiger partial charge is 0.147 e. The van der Waals surface area contributed by atoms with Crippen LogP contribution in [0, 0.1) is 0 Å². The van der Waals surface area contributed by atoms with Crippen molar-refractivity contribution < 1.29 is 8.42 Å². The summed E-state index contributed by atoms with van der Waals surface area (Å²) in [6.45, 7) is 4.87. The summed E-state index contributed by atoms with van der Waals surface area (Å²) >= 11 is 0. The molecule has 5 nitrogen and oxygen atoms in total. The molecule has 0 aliphatic heterocycles. The minimum atomic E-state index is -2.84.